The number of phenols is 1. The van der Waals surface area contributed by atoms with Crippen LogP contribution in [0.1, 0.15) is 19.4 Å². The van der Waals surface area contributed by atoms with E-state index < -0.39 is 0 Å². The van der Waals surface area contributed by atoms with Crippen LogP contribution in [0.2, 0.25) is 0 Å². The van der Waals surface area contributed by atoms with Crippen molar-refractivity contribution in [2.24, 2.45) is 10.9 Å². The lowest BCUT2D eigenvalue weighted by molar-refractivity contribution is 0.291. The zero-order chi connectivity index (χ0) is 12.4. The minimum absolute atomic E-state index is 0.161. The lowest BCUT2D eigenvalue weighted by Crippen LogP contribution is -2.13. The van der Waals surface area contributed by atoms with Crippen LogP contribution in [-0.2, 0) is 4.74 Å². The number of aromatic hydroxyl groups is 1. The quantitative estimate of drug-likeness (QED) is 0.873. The third-order valence-corrected chi connectivity index (χ3v) is 2.88. The van der Waals surface area contributed by atoms with E-state index >= 15 is 0 Å². The van der Waals surface area contributed by atoms with E-state index in [1.807, 2.05) is 0 Å². The van der Waals surface area contributed by atoms with Crippen LogP contribution < -0.4 is 4.74 Å². The molecule has 17 heavy (non-hydrogen) atoms. The highest BCUT2D eigenvalue weighted by atomic mass is 16.5. The van der Waals surface area contributed by atoms with E-state index in [4.69, 9.17) is 9.47 Å². The summed E-state index contributed by atoms with van der Waals surface area (Å²) in [6, 6.07) is 5.18. The minimum atomic E-state index is 0.161. The van der Waals surface area contributed by atoms with Crippen LogP contribution in [-0.4, -0.2) is 30.8 Å². The van der Waals surface area contributed by atoms with Gasteiger partial charge in [-0.05, 0) is 24.1 Å². The van der Waals surface area contributed by atoms with Crippen molar-refractivity contribution in [1.29, 1.82) is 0 Å². The standard InChI is InChI=1S/C13H17NO3/c1-8(2)11-7-17-13(14-11)10-6-9(16-3)4-5-12(10)15/h4-6,8,11,15H,7H2,1-3H3/t11-/m0/s1. The number of hydrogen-bond acceptors (Lipinski definition) is 4. The van der Waals surface area contributed by atoms with Gasteiger partial charge in [0.05, 0.1) is 18.7 Å². The van der Waals surface area contributed by atoms with Gasteiger partial charge in [0.2, 0.25) is 5.90 Å². The summed E-state index contributed by atoms with van der Waals surface area (Å²) in [5, 5.41) is 9.80. The van der Waals surface area contributed by atoms with E-state index in [9.17, 15) is 5.11 Å². The first-order valence-electron chi connectivity index (χ1n) is 5.69. The first kappa shape index (κ1) is 11.8. The van der Waals surface area contributed by atoms with Gasteiger partial charge in [0.25, 0.3) is 0 Å². The predicted octanol–water partition coefficient (Wildman–Crippen LogP) is 2.20. The molecule has 1 heterocycles. The lowest BCUT2D eigenvalue weighted by atomic mass is 10.1. The number of nitrogens with zero attached hydrogens (tertiary/aromatic N) is 1. The zero-order valence-electron chi connectivity index (χ0n) is 10.3. The highest BCUT2D eigenvalue weighted by Gasteiger charge is 2.24. The maximum absolute atomic E-state index is 9.80. The Bertz CT molecular complexity index is 440. The summed E-state index contributed by atoms with van der Waals surface area (Å²) in [7, 11) is 1.59. The number of hydrogen-bond donors (Lipinski definition) is 1. The fourth-order valence-electron chi connectivity index (χ4n) is 1.69. The SMILES string of the molecule is COc1ccc(O)c(C2=N[C@H](C(C)C)CO2)c1. The van der Waals surface area contributed by atoms with Crippen LogP contribution in [0.4, 0.5) is 0 Å². The fourth-order valence-corrected chi connectivity index (χ4v) is 1.69. The third kappa shape index (κ3) is 2.35. The monoisotopic (exact) mass is 235 g/mol. The second-order valence-electron chi connectivity index (χ2n) is 4.44. The Balaban J connectivity index is 2.31. The molecule has 4 nitrogen and oxygen atoms in total. The lowest BCUT2D eigenvalue weighted by Gasteiger charge is -2.07. The van der Waals surface area contributed by atoms with E-state index in [1.54, 1.807) is 25.3 Å². The minimum Gasteiger partial charge on any atom is -0.507 e. The van der Waals surface area contributed by atoms with Gasteiger partial charge < -0.3 is 14.6 Å². The Labute approximate surface area is 101 Å². The molecule has 0 saturated heterocycles. The van der Waals surface area contributed by atoms with Crippen molar-refractivity contribution in [2.75, 3.05) is 13.7 Å². The van der Waals surface area contributed by atoms with Crippen molar-refractivity contribution < 1.29 is 14.6 Å². The molecule has 4 heteroatoms. The Kier molecular flexibility index (Phi) is 3.22. The van der Waals surface area contributed by atoms with Crippen molar-refractivity contribution in [3.63, 3.8) is 0 Å². The first-order valence-corrected chi connectivity index (χ1v) is 5.69. The smallest absolute Gasteiger partial charge is 0.220 e. The molecule has 0 fully saturated rings. The summed E-state index contributed by atoms with van der Waals surface area (Å²) < 4.78 is 10.6. The van der Waals surface area contributed by atoms with Crippen molar-refractivity contribution in [3.8, 4) is 11.5 Å². The summed E-state index contributed by atoms with van der Waals surface area (Å²) in [5.74, 6) is 1.77. The average molecular weight is 235 g/mol. The molecule has 2 rings (SSSR count). The van der Waals surface area contributed by atoms with Gasteiger partial charge in [0.1, 0.15) is 18.1 Å². The Morgan fingerprint density at radius 3 is 2.82 bits per heavy atom. The van der Waals surface area contributed by atoms with Gasteiger partial charge in [-0.25, -0.2) is 4.99 Å². The Morgan fingerprint density at radius 1 is 1.47 bits per heavy atom. The summed E-state index contributed by atoms with van der Waals surface area (Å²) in [6.07, 6.45) is 0. The second kappa shape index (κ2) is 4.65. The van der Waals surface area contributed by atoms with E-state index in [0.717, 1.165) is 0 Å². The van der Waals surface area contributed by atoms with Crippen molar-refractivity contribution in [2.45, 2.75) is 19.9 Å². The van der Waals surface area contributed by atoms with Crippen LogP contribution in [0.3, 0.4) is 0 Å². The number of phenolic OH excluding ortho intramolecular Hbond substituents is 1. The fraction of sp³-hybridized carbons (Fsp3) is 0.462. The van der Waals surface area contributed by atoms with Crippen LogP contribution >= 0.6 is 0 Å². The Hall–Kier alpha value is -1.71. The number of rotatable bonds is 3. The molecule has 1 aromatic carbocycles. The van der Waals surface area contributed by atoms with Crippen LogP contribution in [0.5, 0.6) is 11.5 Å². The molecule has 0 aliphatic carbocycles. The van der Waals surface area contributed by atoms with E-state index in [0.29, 0.717) is 29.7 Å². The first-order chi connectivity index (χ1) is 8.11. The molecule has 0 spiro atoms. The molecule has 1 aliphatic rings. The van der Waals surface area contributed by atoms with Crippen molar-refractivity contribution in [1.82, 2.24) is 0 Å². The molecule has 1 aromatic rings. The summed E-state index contributed by atoms with van der Waals surface area (Å²) in [5.41, 5.74) is 0.590. The molecule has 1 N–H and O–H groups in total. The van der Waals surface area contributed by atoms with E-state index in [1.165, 1.54) is 0 Å². The van der Waals surface area contributed by atoms with Gasteiger partial charge in [-0.15, -0.1) is 0 Å². The molecule has 0 radical (unpaired) electrons. The number of benzene rings is 1. The highest BCUT2D eigenvalue weighted by molar-refractivity contribution is 5.98. The van der Waals surface area contributed by atoms with Crippen LogP contribution in [0.25, 0.3) is 0 Å². The van der Waals surface area contributed by atoms with Gasteiger partial charge >= 0.3 is 0 Å². The molecule has 0 saturated carbocycles. The van der Waals surface area contributed by atoms with Crippen LogP contribution in [0, 0.1) is 5.92 Å². The molecule has 0 bridgehead atoms. The topological polar surface area (TPSA) is 51.0 Å². The number of aliphatic imine (C=N–C) groups is 1. The summed E-state index contributed by atoms with van der Waals surface area (Å²) >= 11 is 0. The molecular formula is C13H17NO3. The molecule has 0 amide bonds. The van der Waals surface area contributed by atoms with Crippen LogP contribution in [0.15, 0.2) is 23.2 Å². The highest BCUT2D eigenvalue weighted by Crippen LogP contribution is 2.27. The van der Waals surface area contributed by atoms with E-state index in [-0.39, 0.29) is 11.8 Å². The number of ether oxygens (including phenoxy) is 2. The predicted molar refractivity (Wildman–Crippen MR) is 65.8 cm³/mol. The summed E-state index contributed by atoms with van der Waals surface area (Å²) in [4.78, 5) is 4.47. The molecule has 1 aliphatic heterocycles. The van der Waals surface area contributed by atoms with Gasteiger partial charge in [-0.2, -0.15) is 0 Å². The number of methoxy groups -OCH3 is 1. The van der Waals surface area contributed by atoms with Gasteiger partial charge in [0, 0.05) is 0 Å². The normalized spacial score (nSPS) is 19.1. The molecule has 0 aromatic heterocycles. The second-order valence-corrected chi connectivity index (χ2v) is 4.44. The third-order valence-electron chi connectivity index (χ3n) is 2.88. The largest absolute Gasteiger partial charge is 0.507 e. The van der Waals surface area contributed by atoms with Gasteiger partial charge in [-0.3, -0.25) is 0 Å². The van der Waals surface area contributed by atoms with Crippen molar-refractivity contribution in [3.05, 3.63) is 23.8 Å². The maximum atomic E-state index is 9.80. The molecule has 92 valence electrons. The van der Waals surface area contributed by atoms with E-state index in [2.05, 4.69) is 18.8 Å². The maximum Gasteiger partial charge on any atom is 0.220 e. The van der Waals surface area contributed by atoms with Gasteiger partial charge in [-0.1, -0.05) is 13.8 Å². The van der Waals surface area contributed by atoms with Gasteiger partial charge in [0.15, 0.2) is 0 Å². The molecule has 0 unspecified atom stereocenters. The average Bonchev–Trinajstić information content (AvgIpc) is 2.79. The Morgan fingerprint density at radius 2 is 2.24 bits per heavy atom. The molecular weight excluding hydrogens is 218 g/mol. The molecule has 1 atom stereocenters. The summed E-state index contributed by atoms with van der Waals surface area (Å²) in [6.45, 7) is 4.78. The van der Waals surface area contributed by atoms with Crippen molar-refractivity contribution >= 4 is 5.90 Å². The zero-order valence-corrected chi connectivity index (χ0v) is 10.3.